The standard InChI is InChI=1S/C17H20FNO2/c1-3-19-16(15-6-4-5-7-17(15)20-2)12-21-14-10-8-13(18)9-11-14/h4-11,16,19H,3,12H2,1-2H3. The summed E-state index contributed by atoms with van der Waals surface area (Å²) in [5.41, 5.74) is 1.05. The molecule has 2 aromatic rings. The fourth-order valence-electron chi connectivity index (χ4n) is 2.17. The van der Waals surface area contributed by atoms with Gasteiger partial charge in [0.1, 0.15) is 23.9 Å². The van der Waals surface area contributed by atoms with Gasteiger partial charge in [-0.05, 0) is 36.9 Å². The van der Waals surface area contributed by atoms with Gasteiger partial charge >= 0.3 is 0 Å². The number of likely N-dealkylation sites (N-methyl/N-ethyl adjacent to an activating group) is 1. The number of benzene rings is 2. The van der Waals surface area contributed by atoms with E-state index in [2.05, 4.69) is 5.32 Å². The lowest BCUT2D eigenvalue weighted by Crippen LogP contribution is -2.27. The Balaban J connectivity index is 2.10. The molecule has 1 unspecified atom stereocenters. The second-order valence-electron chi connectivity index (χ2n) is 4.62. The summed E-state index contributed by atoms with van der Waals surface area (Å²) < 4.78 is 24.0. The van der Waals surface area contributed by atoms with Crippen LogP contribution in [0.4, 0.5) is 4.39 Å². The van der Waals surface area contributed by atoms with Gasteiger partial charge in [0.2, 0.25) is 0 Å². The first kappa shape index (κ1) is 15.3. The van der Waals surface area contributed by atoms with Crippen LogP contribution < -0.4 is 14.8 Å². The van der Waals surface area contributed by atoms with Crippen LogP contribution in [0.15, 0.2) is 48.5 Å². The van der Waals surface area contributed by atoms with Gasteiger partial charge in [0.05, 0.1) is 13.2 Å². The molecule has 0 aliphatic rings. The molecule has 0 heterocycles. The van der Waals surface area contributed by atoms with Crippen molar-refractivity contribution in [1.29, 1.82) is 0 Å². The first-order chi connectivity index (χ1) is 10.2. The van der Waals surface area contributed by atoms with Crippen molar-refractivity contribution >= 4 is 0 Å². The number of halogens is 1. The van der Waals surface area contributed by atoms with Crippen LogP contribution in [0.5, 0.6) is 11.5 Å². The highest BCUT2D eigenvalue weighted by Crippen LogP contribution is 2.25. The van der Waals surface area contributed by atoms with Gasteiger partial charge in [0, 0.05) is 5.56 Å². The highest BCUT2D eigenvalue weighted by Gasteiger charge is 2.15. The minimum Gasteiger partial charge on any atom is -0.496 e. The molecular weight excluding hydrogens is 269 g/mol. The van der Waals surface area contributed by atoms with Crippen LogP contribution in [0.2, 0.25) is 0 Å². The summed E-state index contributed by atoms with van der Waals surface area (Å²) >= 11 is 0. The van der Waals surface area contributed by atoms with E-state index < -0.39 is 0 Å². The third kappa shape index (κ3) is 4.20. The average Bonchev–Trinajstić information content (AvgIpc) is 2.53. The number of rotatable bonds is 7. The number of methoxy groups -OCH3 is 1. The molecule has 2 aromatic carbocycles. The summed E-state index contributed by atoms with van der Waals surface area (Å²) in [5, 5.41) is 3.38. The number of hydrogen-bond acceptors (Lipinski definition) is 3. The molecule has 0 aliphatic carbocycles. The van der Waals surface area contributed by atoms with E-state index in [1.165, 1.54) is 12.1 Å². The van der Waals surface area contributed by atoms with E-state index >= 15 is 0 Å². The van der Waals surface area contributed by atoms with Crippen molar-refractivity contribution in [2.45, 2.75) is 13.0 Å². The molecule has 3 nitrogen and oxygen atoms in total. The van der Waals surface area contributed by atoms with Crippen molar-refractivity contribution in [3.63, 3.8) is 0 Å². The molecule has 112 valence electrons. The third-order valence-corrected chi connectivity index (χ3v) is 3.20. The Morgan fingerprint density at radius 2 is 1.81 bits per heavy atom. The zero-order valence-corrected chi connectivity index (χ0v) is 12.3. The van der Waals surface area contributed by atoms with Gasteiger partial charge in [-0.15, -0.1) is 0 Å². The summed E-state index contributed by atoms with van der Waals surface area (Å²) in [6, 6.07) is 13.9. The van der Waals surface area contributed by atoms with E-state index in [1.807, 2.05) is 31.2 Å². The van der Waals surface area contributed by atoms with Gasteiger partial charge in [-0.1, -0.05) is 25.1 Å². The molecule has 0 saturated heterocycles. The van der Waals surface area contributed by atoms with E-state index in [9.17, 15) is 4.39 Å². The molecule has 1 atom stereocenters. The van der Waals surface area contributed by atoms with E-state index in [1.54, 1.807) is 19.2 Å². The summed E-state index contributed by atoms with van der Waals surface area (Å²) in [6.07, 6.45) is 0. The van der Waals surface area contributed by atoms with Crippen LogP contribution in [0.1, 0.15) is 18.5 Å². The van der Waals surface area contributed by atoms with Gasteiger partial charge in [-0.25, -0.2) is 4.39 Å². The molecule has 0 spiro atoms. The first-order valence-electron chi connectivity index (χ1n) is 6.99. The predicted molar refractivity (Wildman–Crippen MR) is 81.3 cm³/mol. The van der Waals surface area contributed by atoms with Crippen molar-refractivity contribution in [3.8, 4) is 11.5 Å². The molecule has 0 radical (unpaired) electrons. The van der Waals surface area contributed by atoms with Crippen LogP contribution >= 0.6 is 0 Å². The second-order valence-corrected chi connectivity index (χ2v) is 4.62. The largest absolute Gasteiger partial charge is 0.496 e. The molecule has 0 aliphatic heterocycles. The van der Waals surface area contributed by atoms with E-state index in [0.29, 0.717) is 12.4 Å². The van der Waals surface area contributed by atoms with Gasteiger partial charge in [-0.3, -0.25) is 0 Å². The lowest BCUT2D eigenvalue weighted by atomic mass is 10.1. The van der Waals surface area contributed by atoms with Gasteiger partial charge < -0.3 is 14.8 Å². The molecule has 0 saturated carbocycles. The SMILES string of the molecule is CCNC(COc1ccc(F)cc1)c1ccccc1OC. The molecule has 2 rings (SSSR count). The van der Waals surface area contributed by atoms with Crippen LogP contribution in [0.3, 0.4) is 0 Å². The predicted octanol–water partition coefficient (Wildman–Crippen LogP) is 3.56. The van der Waals surface area contributed by atoms with Crippen molar-refractivity contribution in [3.05, 3.63) is 59.9 Å². The Bertz CT molecular complexity index is 557. The van der Waals surface area contributed by atoms with Crippen molar-refractivity contribution in [1.82, 2.24) is 5.32 Å². The minimum atomic E-state index is -0.268. The normalized spacial score (nSPS) is 12.0. The summed E-state index contributed by atoms with van der Waals surface area (Å²) in [7, 11) is 1.66. The van der Waals surface area contributed by atoms with Crippen LogP contribution in [-0.2, 0) is 0 Å². The van der Waals surface area contributed by atoms with Gasteiger partial charge in [0.15, 0.2) is 0 Å². The van der Waals surface area contributed by atoms with E-state index in [-0.39, 0.29) is 11.9 Å². The Kier molecular flexibility index (Phi) is 5.58. The monoisotopic (exact) mass is 289 g/mol. The maximum absolute atomic E-state index is 12.9. The topological polar surface area (TPSA) is 30.5 Å². The summed E-state index contributed by atoms with van der Waals surface area (Å²) in [6.45, 7) is 3.30. The molecular formula is C17H20FNO2. The number of hydrogen-bond donors (Lipinski definition) is 1. The minimum absolute atomic E-state index is 0.0104. The average molecular weight is 289 g/mol. The molecule has 4 heteroatoms. The second kappa shape index (κ2) is 7.64. The quantitative estimate of drug-likeness (QED) is 0.845. The highest BCUT2D eigenvalue weighted by atomic mass is 19.1. The van der Waals surface area contributed by atoms with Crippen molar-refractivity contribution < 1.29 is 13.9 Å². The number of nitrogens with one attached hydrogen (secondary N) is 1. The fraction of sp³-hybridized carbons (Fsp3) is 0.294. The number of ether oxygens (including phenoxy) is 2. The van der Waals surface area contributed by atoms with E-state index in [4.69, 9.17) is 9.47 Å². The third-order valence-electron chi connectivity index (χ3n) is 3.20. The molecule has 0 amide bonds. The van der Waals surface area contributed by atoms with E-state index in [0.717, 1.165) is 17.9 Å². The summed E-state index contributed by atoms with van der Waals surface area (Å²) in [5.74, 6) is 1.20. The smallest absolute Gasteiger partial charge is 0.123 e. The maximum atomic E-state index is 12.9. The molecule has 0 bridgehead atoms. The zero-order valence-electron chi connectivity index (χ0n) is 12.3. The molecule has 1 N–H and O–H groups in total. The lowest BCUT2D eigenvalue weighted by Gasteiger charge is -2.21. The van der Waals surface area contributed by atoms with Crippen LogP contribution in [-0.4, -0.2) is 20.3 Å². The van der Waals surface area contributed by atoms with Crippen molar-refractivity contribution in [2.24, 2.45) is 0 Å². The number of para-hydroxylation sites is 1. The highest BCUT2D eigenvalue weighted by molar-refractivity contribution is 5.36. The Morgan fingerprint density at radius 3 is 2.48 bits per heavy atom. The Hall–Kier alpha value is -2.07. The Morgan fingerprint density at radius 1 is 1.10 bits per heavy atom. The van der Waals surface area contributed by atoms with Crippen LogP contribution in [0, 0.1) is 5.82 Å². The maximum Gasteiger partial charge on any atom is 0.123 e. The Labute approximate surface area is 124 Å². The lowest BCUT2D eigenvalue weighted by molar-refractivity contribution is 0.263. The van der Waals surface area contributed by atoms with Gasteiger partial charge in [-0.2, -0.15) is 0 Å². The fourth-order valence-corrected chi connectivity index (χ4v) is 2.17. The van der Waals surface area contributed by atoms with Crippen molar-refractivity contribution in [2.75, 3.05) is 20.3 Å². The molecule has 0 fully saturated rings. The summed E-state index contributed by atoms with van der Waals surface area (Å²) in [4.78, 5) is 0. The molecule has 21 heavy (non-hydrogen) atoms. The zero-order chi connectivity index (χ0) is 15.1. The van der Waals surface area contributed by atoms with Crippen LogP contribution in [0.25, 0.3) is 0 Å². The first-order valence-corrected chi connectivity index (χ1v) is 6.99. The van der Waals surface area contributed by atoms with Gasteiger partial charge in [0.25, 0.3) is 0 Å². The molecule has 0 aromatic heterocycles.